The number of nitrogens with zero attached hydrogens (tertiary/aromatic N) is 3. The number of aromatic nitrogens is 1. The van der Waals surface area contributed by atoms with Crippen molar-refractivity contribution < 1.29 is 23.9 Å². The Labute approximate surface area is 244 Å². The van der Waals surface area contributed by atoms with Gasteiger partial charge in [0.05, 0.1) is 25.3 Å². The number of pyridine rings is 1. The summed E-state index contributed by atoms with van der Waals surface area (Å²) in [7, 11) is 3.24. The van der Waals surface area contributed by atoms with Crippen molar-refractivity contribution in [1.29, 1.82) is 0 Å². The van der Waals surface area contributed by atoms with Crippen molar-refractivity contribution in [3.8, 4) is 11.5 Å². The number of nitrogens with one attached hydrogen (secondary N) is 1. The van der Waals surface area contributed by atoms with Gasteiger partial charge in [-0.1, -0.05) is 25.1 Å². The molecule has 2 aromatic carbocycles. The summed E-state index contributed by atoms with van der Waals surface area (Å²) in [5, 5.41) is 2.97. The Hall–Kier alpha value is -4.44. The van der Waals surface area contributed by atoms with E-state index in [4.69, 9.17) is 9.47 Å². The highest BCUT2D eigenvalue weighted by atomic mass is 16.5. The summed E-state index contributed by atoms with van der Waals surface area (Å²) < 4.78 is 13.9. The van der Waals surface area contributed by atoms with Gasteiger partial charge in [-0.05, 0) is 67.3 Å². The van der Waals surface area contributed by atoms with Crippen LogP contribution in [0.25, 0.3) is 0 Å². The Morgan fingerprint density at radius 3 is 2.55 bits per heavy atom. The Kier molecular flexibility index (Phi) is 8.17. The molecule has 1 aromatic heterocycles. The molecule has 0 aliphatic carbocycles. The lowest BCUT2D eigenvalue weighted by molar-refractivity contribution is -0.123. The van der Waals surface area contributed by atoms with E-state index in [1.54, 1.807) is 37.2 Å². The Morgan fingerprint density at radius 1 is 1.00 bits per heavy atom. The molecule has 220 valence electrons. The molecule has 3 aromatic rings. The molecule has 2 atom stereocenters. The summed E-state index contributed by atoms with van der Waals surface area (Å²) in [5.74, 6) is 0.0281. The maximum Gasteiger partial charge on any atom is 0.263 e. The number of amides is 3. The lowest BCUT2D eigenvalue weighted by Crippen LogP contribution is -2.48. The van der Waals surface area contributed by atoms with Gasteiger partial charge < -0.3 is 29.2 Å². The molecule has 4 bridgehead atoms. The molecular formula is C32H36N4O6. The number of fused-ring (bicyclic) bond motifs is 5. The van der Waals surface area contributed by atoms with Crippen LogP contribution in [0.2, 0.25) is 0 Å². The Bertz CT molecular complexity index is 1610. The van der Waals surface area contributed by atoms with Crippen LogP contribution in [0, 0.1) is 13.8 Å². The van der Waals surface area contributed by atoms with Gasteiger partial charge in [0, 0.05) is 38.4 Å². The van der Waals surface area contributed by atoms with Gasteiger partial charge in [0.2, 0.25) is 5.91 Å². The van der Waals surface area contributed by atoms with Crippen LogP contribution in [-0.2, 0) is 29.6 Å². The van der Waals surface area contributed by atoms with E-state index >= 15 is 0 Å². The van der Waals surface area contributed by atoms with Crippen molar-refractivity contribution in [2.45, 2.75) is 45.9 Å². The molecule has 3 amide bonds. The number of hydrogen-bond acceptors (Lipinski definition) is 6. The van der Waals surface area contributed by atoms with Crippen molar-refractivity contribution in [3.05, 3.63) is 92.4 Å². The predicted molar refractivity (Wildman–Crippen MR) is 157 cm³/mol. The first-order valence-corrected chi connectivity index (χ1v) is 14.1. The second kappa shape index (κ2) is 11.8. The molecule has 2 aliphatic rings. The summed E-state index contributed by atoms with van der Waals surface area (Å²) in [6.45, 7) is 6.14. The van der Waals surface area contributed by atoms with E-state index in [9.17, 15) is 19.2 Å². The van der Waals surface area contributed by atoms with E-state index in [-0.39, 0.29) is 49.2 Å². The molecule has 0 radical (unpaired) electrons. The second-order valence-electron chi connectivity index (χ2n) is 11.0. The Balaban J connectivity index is 1.44. The molecule has 1 N–H and O–H groups in total. The van der Waals surface area contributed by atoms with E-state index in [2.05, 4.69) is 5.32 Å². The van der Waals surface area contributed by atoms with Crippen LogP contribution in [0.3, 0.4) is 0 Å². The zero-order chi connectivity index (χ0) is 30.1. The fourth-order valence-corrected chi connectivity index (χ4v) is 5.65. The first-order valence-electron chi connectivity index (χ1n) is 14.1. The molecule has 1 saturated heterocycles. The zero-order valence-electron chi connectivity index (χ0n) is 24.6. The third kappa shape index (κ3) is 5.80. The molecule has 1 fully saturated rings. The fourth-order valence-electron chi connectivity index (χ4n) is 5.65. The van der Waals surface area contributed by atoms with Crippen molar-refractivity contribution in [2.75, 3.05) is 26.7 Å². The molecule has 10 heteroatoms. The van der Waals surface area contributed by atoms with Gasteiger partial charge >= 0.3 is 0 Å². The molecule has 2 aliphatic heterocycles. The third-order valence-corrected chi connectivity index (χ3v) is 7.97. The standard InChI is InChI=1S/C32H36N4O6/c1-6-26-20(3)12-24(31(39)35(26)5)32(40)36-15-25-28(16-36)41-18-21-8-7-9-23(13-21)42-27-14-22(11-10-19(27)2)30(38)34(4)17-29(37)33-25/h7-14,25,28H,6,15-18H2,1-5H3,(H,33,37)/t25-,28-/m0/s1. The number of carbonyl (C=O) groups is 3. The molecule has 0 unspecified atom stereocenters. The molecule has 5 rings (SSSR count). The lowest BCUT2D eigenvalue weighted by Gasteiger charge is -2.23. The van der Waals surface area contributed by atoms with Crippen LogP contribution >= 0.6 is 0 Å². The van der Waals surface area contributed by atoms with Gasteiger partial charge in [-0.15, -0.1) is 0 Å². The van der Waals surface area contributed by atoms with Crippen LogP contribution in [0.4, 0.5) is 0 Å². The van der Waals surface area contributed by atoms with Crippen molar-refractivity contribution in [3.63, 3.8) is 0 Å². The van der Waals surface area contributed by atoms with Crippen LogP contribution in [-0.4, -0.2) is 70.9 Å². The number of benzene rings is 2. The summed E-state index contributed by atoms with van der Waals surface area (Å²) in [5.41, 5.74) is 3.59. The maximum absolute atomic E-state index is 13.6. The summed E-state index contributed by atoms with van der Waals surface area (Å²) in [4.78, 5) is 55.9. The number of carbonyl (C=O) groups excluding carboxylic acids is 3. The highest BCUT2D eigenvalue weighted by Crippen LogP contribution is 2.28. The monoisotopic (exact) mass is 572 g/mol. The van der Waals surface area contributed by atoms with Gasteiger partial charge in [-0.2, -0.15) is 0 Å². The van der Waals surface area contributed by atoms with Gasteiger partial charge in [0.1, 0.15) is 17.1 Å². The van der Waals surface area contributed by atoms with Crippen LogP contribution < -0.4 is 15.6 Å². The van der Waals surface area contributed by atoms with E-state index in [0.717, 1.165) is 22.4 Å². The Morgan fingerprint density at radius 2 is 1.79 bits per heavy atom. The number of rotatable bonds is 2. The van der Waals surface area contributed by atoms with Crippen molar-refractivity contribution in [2.24, 2.45) is 7.05 Å². The molecule has 0 spiro atoms. The largest absolute Gasteiger partial charge is 0.457 e. The van der Waals surface area contributed by atoms with Crippen LogP contribution in [0.5, 0.6) is 11.5 Å². The number of ether oxygens (including phenoxy) is 2. The third-order valence-electron chi connectivity index (χ3n) is 7.97. The predicted octanol–water partition coefficient (Wildman–Crippen LogP) is 2.97. The van der Waals surface area contributed by atoms with Gasteiger partial charge in [0.15, 0.2) is 0 Å². The first-order chi connectivity index (χ1) is 20.0. The summed E-state index contributed by atoms with van der Waals surface area (Å²) >= 11 is 0. The van der Waals surface area contributed by atoms with Crippen molar-refractivity contribution >= 4 is 17.7 Å². The summed E-state index contributed by atoms with van der Waals surface area (Å²) in [6.07, 6.45) is 0.138. The fraction of sp³-hybridized carbons (Fsp3) is 0.375. The minimum absolute atomic E-state index is 0.0866. The smallest absolute Gasteiger partial charge is 0.263 e. The maximum atomic E-state index is 13.6. The highest BCUT2D eigenvalue weighted by Gasteiger charge is 2.38. The SMILES string of the molecule is CCc1c(C)cc(C(=O)N2C[C@@H]3NC(=O)CN(C)C(=O)c4ccc(C)c(c4)Oc4cccc(c4)CO[C@H]3C2)c(=O)n1C. The average Bonchev–Trinajstić information content (AvgIpc) is 3.36. The minimum Gasteiger partial charge on any atom is -0.457 e. The normalized spacial score (nSPS) is 19.3. The minimum atomic E-state index is -0.539. The van der Waals surface area contributed by atoms with Crippen molar-refractivity contribution in [1.82, 2.24) is 19.7 Å². The molecule has 0 saturated carbocycles. The van der Waals surface area contributed by atoms with Gasteiger partial charge in [-0.3, -0.25) is 19.2 Å². The van der Waals surface area contributed by atoms with E-state index in [1.807, 2.05) is 51.1 Å². The topological polar surface area (TPSA) is 110 Å². The van der Waals surface area contributed by atoms with Crippen LogP contribution in [0.15, 0.2) is 53.3 Å². The molecular weight excluding hydrogens is 536 g/mol. The first kappa shape index (κ1) is 29.1. The molecule has 10 nitrogen and oxygen atoms in total. The van der Waals surface area contributed by atoms with Crippen LogP contribution in [0.1, 0.15) is 50.0 Å². The second-order valence-corrected chi connectivity index (χ2v) is 11.0. The van der Waals surface area contributed by atoms with E-state index in [0.29, 0.717) is 23.5 Å². The number of aryl methyl sites for hydroxylation is 2. The average molecular weight is 573 g/mol. The highest BCUT2D eigenvalue weighted by molar-refractivity contribution is 5.97. The number of likely N-dealkylation sites (N-methyl/N-ethyl adjacent to an activating group) is 1. The quantitative estimate of drug-likeness (QED) is 0.506. The molecule has 42 heavy (non-hydrogen) atoms. The molecule has 3 heterocycles. The number of likely N-dealkylation sites (tertiary alicyclic amines) is 1. The van der Waals surface area contributed by atoms with Gasteiger partial charge in [0.25, 0.3) is 17.4 Å². The summed E-state index contributed by atoms with van der Waals surface area (Å²) in [6, 6.07) is 13.8. The van der Waals surface area contributed by atoms with E-state index in [1.165, 1.54) is 9.47 Å². The van der Waals surface area contributed by atoms with Gasteiger partial charge in [-0.25, -0.2) is 0 Å². The lowest BCUT2D eigenvalue weighted by atomic mass is 10.1. The number of hydrogen-bond donors (Lipinski definition) is 1. The zero-order valence-corrected chi connectivity index (χ0v) is 24.6. The van der Waals surface area contributed by atoms with E-state index < -0.39 is 18.1 Å².